The molecule has 0 radical (unpaired) electrons. The fourth-order valence-corrected chi connectivity index (χ4v) is 10.6. The fraction of sp³-hybridized carbons (Fsp3) is 0.836. The van der Waals surface area contributed by atoms with E-state index in [4.69, 9.17) is 9.47 Å². The van der Waals surface area contributed by atoms with E-state index >= 15 is 0 Å². The van der Waals surface area contributed by atoms with Gasteiger partial charge in [-0.25, -0.2) is 0 Å². The largest absolute Gasteiger partial charge is 0.462 e. The van der Waals surface area contributed by atoms with Gasteiger partial charge in [0.05, 0.1) is 6.61 Å². The van der Waals surface area contributed by atoms with Crippen LogP contribution in [0.25, 0.3) is 0 Å². The number of hydrogen-bond acceptors (Lipinski definition) is 5. The van der Waals surface area contributed by atoms with Crippen LogP contribution in [0.2, 0.25) is 0 Å². The molecule has 0 aromatic rings. The van der Waals surface area contributed by atoms with Crippen LogP contribution in [0.15, 0.2) is 60.8 Å². The van der Waals surface area contributed by atoms with E-state index in [2.05, 4.69) is 74.6 Å². The lowest BCUT2D eigenvalue weighted by atomic mass is 10.0. The SMILES string of the molecule is CC/C=C\C/C=C\C/C=C\C/C=C\C/C=C\CCCCCCCCCCCCCCCCCCCCCCCCCCCC(=O)OC(CO)COC(=O)CCCCCCCCCCCCCCCCCCCCCCCCC. The molecule has 5 heteroatoms. The Morgan fingerprint density at radius 3 is 0.833 bits per heavy atom. The average Bonchev–Trinajstić information content (AvgIpc) is 3.44. The highest BCUT2D eigenvalue weighted by atomic mass is 16.6. The van der Waals surface area contributed by atoms with Gasteiger partial charge < -0.3 is 14.6 Å². The number of ether oxygens (including phenoxy) is 2. The second kappa shape index (κ2) is 68.9. The molecule has 0 heterocycles. The van der Waals surface area contributed by atoms with Gasteiger partial charge in [0.25, 0.3) is 0 Å². The Kier molecular flexibility index (Phi) is 66.8. The normalized spacial score (nSPS) is 12.5. The van der Waals surface area contributed by atoms with E-state index in [1.807, 2.05) is 0 Å². The van der Waals surface area contributed by atoms with Crippen LogP contribution in [-0.4, -0.2) is 36.4 Å². The van der Waals surface area contributed by atoms with E-state index in [9.17, 15) is 14.7 Å². The standard InChI is InChI=1S/C73H134O5/c1-3-5-7-9-11-13-15-17-19-21-23-25-27-28-29-30-31-32-33-34-35-36-37-38-39-40-41-42-43-44-46-48-50-52-54-56-58-60-62-64-66-68-73(76)78-71(69-74)70-77-72(75)67-65-63-61-59-57-55-53-51-49-47-45-26-24-22-20-18-16-14-12-10-8-6-4-2/h5,7,11,13,17,19,23,25,28-29,71,74H,3-4,6,8-10,12,14-16,18,20-22,24,26-27,30-70H2,1-2H3/b7-5-,13-11-,19-17-,25-23-,29-28-. The zero-order chi connectivity index (χ0) is 56.2. The number of carbonyl (C=O) groups is 2. The Balaban J connectivity index is 3.38. The van der Waals surface area contributed by atoms with Crippen molar-refractivity contribution < 1.29 is 24.2 Å². The number of rotatable bonds is 65. The van der Waals surface area contributed by atoms with Crippen LogP contribution >= 0.6 is 0 Å². The quantitative estimate of drug-likeness (QED) is 0.0373. The monoisotopic (exact) mass is 1090 g/mol. The van der Waals surface area contributed by atoms with Crippen LogP contribution in [0.4, 0.5) is 0 Å². The summed E-state index contributed by atoms with van der Waals surface area (Å²) in [5.74, 6) is -0.566. The highest BCUT2D eigenvalue weighted by molar-refractivity contribution is 5.70. The average molecular weight is 1090 g/mol. The van der Waals surface area contributed by atoms with E-state index in [0.717, 1.165) is 64.2 Å². The van der Waals surface area contributed by atoms with Crippen LogP contribution in [0.3, 0.4) is 0 Å². The van der Waals surface area contributed by atoms with Crippen LogP contribution in [-0.2, 0) is 19.1 Å². The molecule has 0 aliphatic rings. The van der Waals surface area contributed by atoms with Crippen molar-refractivity contribution >= 4 is 11.9 Å². The minimum Gasteiger partial charge on any atom is -0.462 e. The Labute approximate surface area is 487 Å². The zero-order valence-electron chi connectivity index (χ0n) is 52.4. The number of esters is 2. The van der Waals surface area contributed by atoms with Crippen molar-refractivity contribution in [1.82, 2.24) is 0 Å². The summed E-state index contributed by atoms with van der Waals surface area (Å²) >= 11 is 0. The molecule has 0 aromatic carbocycles. The van der Waals surface area contributed by atoms with Crippen molar-refractivity contribution in [3.05, 3.63) is 60.8 Å². The Morgan fingerprint density at radius 2 is 0.551 bits per heavy atom. The first-order chi connectivity index (χ1) is 38.6. The van der Waals surface area contributed by atoms with Gasteiger partial charge in [0.1, 0.15) is 6.61 Å². The maximum absolute atomic E-state index is 12.4. The number of carbonyl (C=O) groups excluding carboxylic acids is 2. The minimum atomic E-state index is -0.769. The molecule has 1 N–H and O–H groups in total. The molecule has 0 fully saturated rings. The third-order valence-corrected chi connectivity index (χ3v) is 15.8. The summed E-state index contributed by atoms with van der Waals surface area (Å²) in [5, 5.41) is 9.69. The molecule has 0 aliphatic carbocycles. The van der Waals surface area contributed by atoms with Crippen molar-refractivity contribution in [3.8, 4) is 0 Å². The van der Waals surface area contributed by atoms with Crippen LogP contribution in [0, 0.1) is 0 Å². The summed E-state index contributed by atoms with van der Waals surface area (Å²) in [7, 11) is 0. The second-order valence-electron chi connectivity index (χ2n) is 23.6. The summed E-state index contributed by atoms with van der Waals surface area (Å²) < 4.78 is 10.8. The van der Waals surface area contributed by atoms with Crippen LogP contribution in [0.1, 0.15) is 373 Å². The van der Waals surface area contributed by atoms with Crippen LogP contribution in [0.5, 0.6) is 0 Å². The predicted octanol–water partition coefficient (Wildman–Crippen LogP) is 24.1. The summed E-state index contributed by atoms with van der Waals surface area (Å²) in [6.07, 6.45) is 94.1. The topological polar surface area (TPSA) is 72.8 Å². The van der Waals surface area contributed by atoms with Gasteiger partial charge >= 0.3 is 11.9 Å². The molecule has 1 unspecified atom stereocenters. The van der Waals surface area contributed by atoms with E-state index in [1.54, 1.807) is 0 Å². The Hall–Kier alpha value is -2.40. The molecule has 0 aromatic heterocycles. The molecule has 0 saturated carbocycles. The molecule has 456 valence electrons. The molecule has 0 aliphatic heterocycles. The summed E-state index contributed by atoms with van der Waals surface area (Å²) in [6, 6.07) is 0. The fourth-order valence-electron chi connectivity index (χ4n) is 10.6. The van der Waals surface area contributed by atoms with Crippen molar-refractivity contribution in [3.63, 3.8) is 0 Å². The van der Waals surface area contributed by atoms with Gasteiger partial charge in [-0.3, -0.25) is 9.59 Å². The van der Waals surface area contributed by atoms with Gasteiger partial charge in [0, 0.05) is 12.8 Å². The maximum Gasteiger partial charge on any atom is 0.306 e. The third-order valence-electron chi connectivity index (χ3n) is 15.8. The second-order valence-corrected chi connectivity index (χ2v) is 23.6. The van der Waals surface area contributed by atoms with Crippen molar-refractivity contribution in [2.45, 2.75) is 380 Å². The van der Waals surface area contributed by atoms with Gasteiger partial charge in [-0.05, 0) is 57.8 Å². The van der Waals surface area contributed by atoms with Gasteiger partial charge in [0.2, 0.25) is 0 Å². The number of aliphatic hydroxyl groups is 1. The third kappa shape index (κ3) is 66.1. The molecule has 0 spiro atoms. The molecule has 0 bridgehead atoms. The van der Waals surface area contributed by atoms with E-state index in [1.165, 1.54) is 283 Å². The predicted molar refractivity (Wildman–Crippen MR) is 344 cm³/mol. The first-order valence-electron chi connectivity index (χ1n) is 34.8. The summed E-state index contributed by atoms with van der Waals surface area (Å²) in [5.41, 5.74) is 0. The highest BCUT2D eigenvalue weighted by Crippen LogP contribution is 2.19. The smallest absolute Gasteiger partial charge is 0.306 e. The molecular formula is C73H134O5. The van der Waals surface area contributed by atoms with Crippen molar-refractivity contribution in [2.24, 2.45) is 0 Å². The maximum atomic E-state index is 12.4. The minimum absolute atomic E-state index is 0.0589. The summed E-state index contributed by atoms with van der Waals surface area (Å²) in [6.45, 7) is 4.09. The van der Waals surface area contributed by atoms with Crippen LogP contribution < -0.4 is 0 Å². The molecule has 0 rings (SSSR count). The molecule has 5 nitrogen and oxygen atoms in total. The molecule has 0 saturated heterocycles. The first kappa shape index (κ1) is 75.6. The lowest BCUT2D eigenvalue weighted by Crippen LogP contribution is -2.28. The van der Waals surface area contributed by atoms with Crippen molar-refractivity contribution in [2.75, 3.05) is 13.2 Å². The number of allylic oxidation sites excluding steroid dienone is 10. The summed E-state index contributed by atoms with van der Waals surface area (Å²) in [4.78, 5) is 24.6. The number of aliphatic hydroxyl groups excluding tert-OH is 1. The van der Waals surface area contributed by atoms with Gasteiger partial charge in [-0.1, -0.05) is 364 Å². The molecule has 78 heavy (non-hydrogen) atoms. The lowest BCUT2D eigenvalue weighted by molar-refractivity contribution is -0.161. The van der Waals surface area contributed by atoms with Gasteiger partial charge in [-0.2, -0.15) is 0 Å². The molecule has 0 amide bonds. The highest BCUT2D eigenvalue weighted by Gasteiger charge is 2.16. The Morgan fingerprint density at radius 1 is 0.308 bits per heavy atom. The first-order valence-corrected chi connectivity index (χ1v) is 34.8. The lowest BCUT2D eigenvalue weighted by Gasteiger charge is -2.15. The van der Waals surface area contributed by atoms with E-state index < -0.39 is 6.10 Å². The zero-order valence-corrected chi connectivity index (χ0v) is 52.4. The molecular weight excluding hydrogens is 957 g/mol. The Bertz CT molecular complexity index is 1330. The van der Waals surface area contributed by atoms with E-state index in [-0.39, 0.29) is 25.2 Å². The van der Waals surface area contributed by atoms with Crippen molar-refractivity contribution in [1.29, 1.82) is 0 Å². The van der Waals surface area contributed by atoms with E-state index in [0.29, 0.717) is 12.8 Å². The number of hydrogen-bond donors (Lipinski definition) is 1. The number of unbranched alkanes of at least 4 members (excludes halogenated alkanes) is 47. The molecule has 1 atom stereocenters. The van der Waals surface area contributed by atoms with Gasteiger partial charge in [0.15, 0.2) is 6.10 Å². The van der Waals surface area contributed by atoms with Gasteiger partial charge in [-0.15, -0.1) is 0 Å².